The molecule has 1 aromatic rings. The van der Waals surface area contributed by atoms with Crippen LogP contribution in [0.4, 0.5) is 0 Å². The van der Waals surface area contributed by atoms with Crippen LogP contribution in [0.3, 0.4) is 0 Å². The Morgan fingerprint density at radius 3 is 2.55 bits per heavy atom. The van der Waals surface area contributed by atoms with Gasteiger partial charge in [0.05, 0.1) is 18.8 Å². The first-order chi connectivity index (χ1) is 9.77. The predicted octanol–water partition coefficient (Wildman–Crippen LogP) is 2.49. The SMILES string of the molecule is CCNC(c1nccnc1OC)C1(OCC)CCCC1. The summed E-state index contributed by atoms with van der Waals surface area (Å²) in [6.45, 7) is 5.73. The highest BCUT2D eigenvalue weighted by Gasteiger charge is 2.44. The maximum atomic E-state index is 6.17. The molecule has 1 N–H and O–H groups in total. The molecule has 1 aromatic heterocycles. The molecule has 0 saturated heterocycles. The summed E-state index contributed by atoms with van der Waals surface area (Å²) in [4.78, 5) is 8.79. The van der Waals surface area contributed by atoms with Crippen molar-refractivity contribution >= 4 is 0 Å². The summed E-state index contributed by atoms with van der Waals surface area (Å²) in [5.74, 6) is 0.587. The van der Waals surface area contributed by atoms with Crippen molar-refractivity contribution in [2.24, 2.45) is 0 Å². The van der Waals surface area contributed by atoms with E-state index in [2.05, 4.69) is 29.1 Å². The number of ether oxygens (including phenoxy) is 2. The van der Waals surface area contributed by atoms with Gasteiger partial charge in [-0.05, 0) is 26.3 Å². The number of nitrogens with one attached hydrogen (secondary N) is 1. The molecule has 112 valence electrons. The Morgan fingerprint density at radius 2 is 1.95 bits per heavy atom. The fourth-order valence-corrected chi connectivity index (χ4v) is 3.20. The minimum atomic E-state index is -0.186. The average Bonchev–Trinajstić information content (AvgIpc) is 2.94. The van der Waals surface area contributed by atoms with Gasteiger partial charge in [0, 0.05) is 19.0 Å². The summed E-state index contributed by atoms with van der Waals surface area (Å²) in [6.07, 6.45) is 7.88. The van der Waals surface area contributed by atoms with Gasteiger partial charge in [-0.25, -0.2) is 4.98 Å². The van der Waals surface area contributed by atoms with E-state index in [1.165, 1.54) is 12.8 Å². The fourth-order valence-electron chi connectivity index (χ4n) is 3.20. The van der Waals surface area contributed by atoms with Gasteiger partial charge in [-0.3, -0.25) is 4.98 Å². The van der Waals surface area contributed by atoms with Gasteiger partial charge in [0.25, 0.3) is 0 Å². The molecule has 1 aliphatic rings. The van der Waals surface area contributed by atoms with Crippen LogP contribution < -0.4 is 10.1 Å². The van der Waals surface area contributed by atoms with E-state index in [0.29, 0.717) is 12.5 Å². The maximum absolute atomic E-state index is 6.17. The molecule has 0 aromatic carbocycles. The van der Waals surface area contributed by atoms with Gasteiger partial charge in [-0.2, -0.15) is 0 Å². The minimum absolute atomic E-state index is 0.0265. The number of nitrogens with zero attached hydrogens (tertiary/aromatic N) is 2. The molecule has 0 spiro atoms. The number of hydrogen-bond donors (Lipinski definition) is 1. The van der Waals surface area contributed by atoms with Crippen molar-refractivity contribution < 1.29 is 9.47 Å². The van der Waals surface area contributed by atoms with Crippen LogP contribution in [0.5, 0.6) is 5.88 Å². The van der Waals surface area contributed by atoms with Gasteiger partial charge in [-0.15, -0.1) is 0 Å². The molecule has 5 nitrogen and oxygen atoms in total. The van der Waals surface area contributed by atoms with Gasteiger partial charge in [0.2, 0.25) is 5.88 Å². The number of hydrogen-bond acceptors (Lipinski definition) is 5. The lowest BCUT2D eigenvalue weighted by atomic mass is 9.89. The second-order valence-electron chi connectivity index (χ2n) is 5.15. The van der Waals surface area contributed by atoms with Crippen LogP contribution >= 0.6 is 0 Å². The molecule has 1 saturated carbocycles. The number of methoxy groups -OCH3 is 1. The van der Waals surface area contributed by atoms with E-state index in [1.54, 1.807) is 19.5 Å². The van der Waals surface area contributed by atoms with Crippen LogP contribution in [0, 0.1) is 0 Å². The van der Waals surface area contributed by atoms with E-state index in [-0.39, 0.29) is 11.6 Å². The first-order valence-corrected chi connectivity index (χ1v) is 7.49. The first-order valence-electron chi connectivity index (χ1n) is 7.49. The van der Waals surface area contributed by atoms with Gasteiger partial charge < -0.3 is 14.8 Å². The molecular formula is C15H25N3O2. The smallest absolute Gasteiger partial charge is 0.237 e. The minimum Gasteiger partial charge on any atom is -0.480 e. The quantitative estimate of drug-likeness (QED) is 0.831. The lowest BCUT2D eigenvalue weighted by molar-refractivity contribution is -0.0638. The molecule has 1 fully saturated rings. The zero-order chi connectivity index (χ0) is 14.4. The number of aromatic nitrogens is 2. The lowest BCUT2D eigenvalue weighted by Crippen LogP contribution is -2.45. The van der Waals surface area contributed by atoms with Crippen molar-refractivity contribution in [1.29, 1.82) is 0 Å². The predicted molar refractivity (Wildman–Crippen MR) is 77.8 cm³/mol. The van der Waals surface area contributed by atoms with E-state index in [0.717, 1.165) is 25.1 Å². The Kier molecular flexibility index (Phi) is 5.31. The highest BCUT2D eigenvalue weighted by atomic mass is 16.5. The van der Waals surface area contributed by atoms with Crippen molar-refractivity contribution in [2.45, 2.75) is 51.2 Å². The van der Waals surface area contributed by atoms with Crippen molar-refractivity contribution in [3.8, 4) is 5.88 Å². The summed E-state index contributed by atoms with van der Waals surface area (Å²) in [6, 6.07) is 0.0265. The Bertz CT molecular complexity index is 419. The largest absolute Gasteiger partial charge is 0.480 e. The van der Waals surface area contributed by atoms with Crippen molar-refractivity contribution in [1.82, 2.24) is 15.3 Å². The molecule has 1 unspecified atom stereocenters. The lowest BCUT2D eigenvalue weighted by Gasteiger charge is -2.37. The Labute approximate surface area is 121 Å². The highest BCUT2D eigenvalue weighted by Crippen LogP contribution is 2.44. The molecule has 5 heteroatoms. The van der Waals surface area contributed by atoms with E-state index >= 15 is 0 Å². The average molecular weight is 279 g/mol. The van der Waals surface area contributed by atoms with Crippen LogP contribution in [0.25, 0.3) is 0 Å². The zero-order valence-corrected chi connectivity index (χ0v) is 12.7. The van der Waals surface area contributed by atoms with E-state index in [9.17, 15) is 0 Å². The molecule has 20 heavy (non-hydrogen) atoms. The molecule has 2 rings (SSSR count). The van der Waals surface area contributed by atoms with Crippen LogP contribution in [0.2, 0.25) is 0 Å². The Hall–Kier alpha value is -1.20. The zero-order valence-electron chi connectivity index (χ0n) is 12.7. The summed E-state index contributed by atoms with van der Waals surface area (Å²) in [5.41, 5.74) is 0.667. The Balaban J connectivity index is 2.38. The first kappa shape index (κ1) is 15.2. The second-order valence-corrected chi connectivity index (χ2v) is 5.15. The second kappa shape index (κ2) is 6.99. The highest BCUT2D eigenvalue weighted by molar-refractivity contribution is 5.25. The molecule has 0 amide bonds. The van der Waals surface area contributed by atoms with Crippen molar-refractivity contribution in [3.05, 3.63) is 18.1 Å². The van der Waals surface area contributed by atoms with Gasteiger partial charge in [0.1, 0.15) is 5.69 Å². The normalized spacial score (nSPS) is 18.9. The molecule has 1 aliphatic carbocycles. The summed E-state index contributed by atoms with van der Waals surface area (Å²) in [5, 5.41) is 3.53. The van der Waals surface area contributed by atoms with Gasteiger partial charge in [0.15, 0.2) is 0 Å². The summed E-state index contributed by atoms with van der Waals surface area (Å²) >= 11 is 0. The van der Waals surface area contributed by atoms with Crippen LogP contribution in [0.1, 0.15) is 51.3 Å². The molecule has 1 heterocycles. The third-order valence-electron chi connectivity index (χ3n) is 3.97. The molecule has 0 aliphatic heterocycles. The molecular weight excluding hydrogens is 254 g/mol. The topological polar surface area (TPSA) is 56.3 Å². The maximum Gasteiger partial charge on any atom is 0.237 e. The molecule has 1 atom stereocenters. The monoisotopic (exact) mass is 279 g/mol. The molecule has 0 radical (unpaired) electrons. The van der Waals surface area contributed by atoms with Crippen LogP contribution in [-0.2, 0) is 4.74 Å². The molecule has 0 bridgehead atoms. The van der Waals surface area contributed by atoms with Crippen LogP contribution in [0.15, 0.2) is 12.4 Å². The third-order valence-corrected chi connectivity index (χ3v) is 3.97. The van der Waals surface area contributed by atoms with Crippen molar-refractivity contribution in [3.63, 3.8) is 0 Å². The van der Waals surface area contributed by atoms with Crippen LogP contribution in [-0.4, -0.2) is 35.8 Å². The number of rotatable bonds is 7. The standard InChI is InChI=1S/C15H25N3O2/c1-4-16-13(12-14(19-3)18-11-10-17-12)15(20-5-2)8-6-7-9-15/h10-11,13,16H,4-9H2,1-3H3. The van der Waals surface area contributed by atoms with E-state index < -0.39 is 0 Å². The summed E-state index contributed by atoms with van der Waals surface area (Å²) < 4.78 is 11.6. The van der Waals surface area contributed by atoms with Gasteiger partial charge >= 0.3 is 0 Å². The van der Waals surface area contributed by atoms with E-state index in [4.69, 9.17) is 9.47 Å². The summed E-state index contributed by atoms with van der Waals surface area (Å²) in [7, 11) is 1.64. The van der Waals surface area contributed by atoms with Gasteiger partial charge in [-0.1, -0.05) is 19.8 Å². The Morgan fingerprint density at radius 1 is 1.25 bits per heavy atom. The fraction of sp³-hybridized carbons (Fsp3) is 0.733. The third kappa shape index (κ3) is 2.94. The van der Waals surface area contributed by atoms with Crippen molar-refractivity contribution in [2.75, 3.05) is 20.3 Å². The van der Waals surface area contributed by atoms with E-state index in [1.807, 2.05) is 0 Å². The number of likely N-dealkylation sites (N-methyl/N-ethyl adjacent to an activating group) is 1.